The number of hydrogen-bond acceptors (Lipinski definition) is 2. The maximum Gasteiger partial charge on any atom is 0.227 e. The Morgan fingerprint density at radius 1 is 1.14 bits per heavy atom. The molecule has 1 saturated heterocycles. The van der Waals surface area contributed by atoms with E-state index in [2.05, 4.69) is 12.1 Å². The van der Waals surface area contributed by atoms with Crippen LogP contribution in [0.1, 0.15) is 30.0 Å². The molecule has 1 unspecified atom stereocenters. The first-order chi connectivity index (χ1) is 10.8. The summed E-state index contributed by atoms with van der Waals surface area (Å²) in [4.78, 5) is 14.7. The molecule has 2 aromatic carbocycles. The van der Waals surface area contributed by atoms with Gasteiger partial charge in [-0.05, 0) is 36.1 Å². The average molecular weight is 295 g/mol. The standard InChI is InChI=1S/C19H21NO2/c1-22-17-11-9-15(10-12-17)14-19(21)20-13-5-8-18(20)16-6-3-2-4-7-16/h2-4,6-7,9-12,18H,5,8,13-14H2,1H3. The Morgan fingerprint density at radius 3 is 2.55 bits per heavy atom. The van der Waals surface area contributed by atoms with E-state index in [-0.39, 0.29) is 11.9 Å². The summed E-state index contributed by atoms with van der Waals surface area (Å²) in [5.41, 5.74) is 2.27. The molecule has 22 heavy (non-hydrogen) atoms. The van der Waals surface area contributed by atoms with Crippen LogP contribution in [0.4, 0.5) is 0 Å². The molecule has 2 aromatic rings. The fourth-order valence-electron chi connectivity index (χ4n) is 3.11. The molecule has 3 rings (SSSR count). The summed E-state index contributed by atoms with van der Waals surface area (Å²) in [5, 5.41) is 0. The number of amides is 1. The fraction of sp³-hybridized carbons (Fsp3) is 0.316. The highest BCUT2D eigenvalue weighted by Crippen LogP contribution is 2.32. The summed E-state index contributed by atoms with van der Waals surface area (Å²) >= 11 is 0. The van der Waals surface area contributed by atoms with Crippen molar-refractivity contribution in [3.63, 3.8) is 0 Å². The largest absolute Gasteiger partial charge is 0.497 e. The molecule has 1 aliphatic heterocycles. The van der Waals surface area contributed by atoms with Gasteiger partial charge in [-0.2, -0.15) is 0 Å². The number of likely N-dealkylation sites (tertiary alicyclic amines) is 1. The molecule has 114 valence electrons. The highest BCUT2D eigenvalue weighted by molar-refractivity contribution is 5.79. The van der Waals surface area contributed by atoms with Crippen LogP contribution in [0.25, 0.3) is 0 Å². The topological polar surface area (TPSA) is 29.5 Å². The first-order valence-corrected chi connectivity index (χ1v) is 7.75. The van der Waals surface area contributed by atoms with Crippen molar-refractivity contribution in [3.05, 3.63) is 65.7 Å². The zero-order valence-electron chi connectivity index (χ0n) is 12.9. The highest BCUT2D eigenvalue weighted by atomic mass is 16.5. The number of ether oxygens (including phenoxy) is 1. The van der Waals surface area contributed by atoms with Gasteiger partial charge >= 0.3 is 0 Å². The highest BCUT2D eigenvalue weighted by Gasteiger charge is 2.29. The molecule has 0 N–H and O–H groups in total. The second-order valence-corrected chi connectivity index (χ2v) is 5.68. The van der Waals surface area contributed by atoms with Gasteiger partial charge in [-0.15, -0.1) is 0 Å². The predicted molar refractivity (Wildman–Crippen MR) is 86.8 cm³/mol. The van der Waals surface area contributed by atoms with Gasteiger partial charge in [0.1, 0.15) is 5.75 Å². The number of benzene rings is 2. The second-order valence-electron chi connectivity index (χ2n) is 5.68. The Labute approximate surface area is 131 Å². The minimum atomic E-state index is 0.205. The van der Waals surface area contributed by atoms with Gasteiger partial charge in [0.2, 0.25) is 5.91 Å². The Bertz CT molecular complexity index is 622. The summed E-state index contributed by atoms with van der Waals surface area (Å²) < 4.78 is 5.15. The van der Waals surface area contributed by atoms with Crippen molar-refractivity contribution in [2.75, 3.05) is 13.7 Å². The van der Waals surface area contributed by atoms with Crippen LogP contribution in [0.5, 0.6) is 5.75 Å². The van der Waals surface area contributed by atoms with E-state index in [9.17, 15) is 4.79 Å². The van der Waals surface area contributed by atoms with Gasteiger partial charge in [0, 0.05) is 6.54 Å². The molecule has 1 fully saturated rings. The van der Waals surface area contributed by atoms with Gasteiger partial charge in [-0.3, -0.25) is 4.79 Å². The van der Waals surface area contributed by atoms with E-state index in [1.54, 1.807) is 7.11 Å². The molecule has 1 amide bonds. The predicted octanol–water partition coefficient (Wildman–Crippen LogP) is 3.60. The average Bonchev–Trinajstić information content (AvgIpc) is 3.06. The molecule has 1 heterocycles. The van der Waals surface area contributed by atoms with Crippen LogP contribution in [0, 0.1) is 0 Å². The van der Waals surface area contributed by atoms with Crippen molar-refractivity contribution < 1.29 is 9.53 Å². The van der Waals surface area contributed by atoms with Crippen molar-refractivity contribution in [1.29, 1.82) is 0 Å². The Kier molecular flexibility index (Phi) is 4.42. The van der Waals surface area contributed by atoms with Crippen molar-refractivity contribution >= 4 is 5.91 Å². The number of nitrogens with zero attached hydrogens (tertiary/aromatic N) is 1. The number of carbonyl (C=O) groups excluding carboxylic acids is 1. The van der Waals surface area contributed by atoms with Crippen molar-refractivity contribution in [3.8, 4) is 5.75 Å². The van der Waals surface area contributed by atoms with Crippen molar-refractivity contribution in [1.82, 2.24) is 4.90 Å². The van der Waals surface area contributed by atoms with Gasteiger partial charge in [-0.1, -0.05) is 42.5 Å². The maximum atomic E-state index is 12.6. The van der Waals surface area contributed by atoms with Gasteiger partial charge in [0.15, 0.2) is 0 Å². The van der Waals surface area contributed by atoms with Gasteiger partial charge in [0.05, 0.1) is 19.6 Å². The number of hydrogen-bond donors (Lipinski definition) is 0. The Morgan fingerprint density at radius 2 is 1.86 bits per heavy atom. The smallest absolute Gasteiger partial charge is 0.227 e. The third-order valence-corrected chi connectivity index (χ3v) is 4.27. The molecule has 1 aliphatic rings. The summed E-state index contributed by atoms with van der Waals surface area (Å²) in [7, 11) is 1.65. The third-order valence-electron chi connectivity index (χ3n) is 4.27. The molecule has 0 aromatic heterocycles. The van der Waals surface area contributed by atoms with E-state index in [1.165, 1.54) is 5.56 Å². The van der Waals surface area contributed by atoms with Gasteiger partial charge < -0.3 is 9.64 Å². The number of methoxy groups -OCH3 is 1. The van der Waals surface area contributed by atoms with Crippen LogP contribution in [-0.2, 0) is 11.2 Å². The summed E-state index contributed by atoms with van der Waals surface area (Å²) in [6.45, 7) is 0.856. The molecular weight excluding hydrogens is 274 g/mol. The molecule has 3 nitrogen and oxygen atoms in total. The molecule has 0 spiro atoms. The fourth-order valence-corrected chi connectivity index (χ4v) is 3.11. The number of rotatable bonds is 4. The molecule has 0 saturated carbocycles. The van der Waals surface area contributed by atoms with Crippen molar-refractivity contribution in [2.24, 2.45) is 0 Å². The summed E-state index contributed by atoms with van der Waals surface area (Å²) in [6.07, 6.45) is 2.58. The van der Waals surface area contributed by atoms with E-state index in [1.807, 2.05) is 47.4 Å². The van der Waals surface area contributed by atoms with Gasteiger partial charge in [-0.25, -0.2) is 0 Å². The van der Waals surface area contributed by atoms with Crippen LogP contribution in [0.3, 0.4) is 0 Å². The van der Waals surface area contributed by atoms with Crippen LogP contribution >= 0.6 is 0 Å². The maximum absolute atomic E-state index is 12.6. The second kappa shape index (κ2) is 6.65. The van der Waals surface area contributed by atoms with Crippen LogP contribution in [0.2, 0.25) is 0 Å². The minimum Gasteiger partial charge on any atom is -0.497 e. The van der Waals surface area contributed by atoms with Crippen molar-refractivity contribution in [2.45, 2.75) is 25.3 Å². The summed E-state index contributed by atoms with van der Waals surface area (Å²) in [5.74, 6) is 1.02. The molecule has 0 aliphatic carbocycles. The lowest BCUT2D eigenvalue weighted by Crippen LogP contribution is -2.31. The van der Waals surface area contributed by atoms with Crippen LogP contribution in [0.15, 0.2) is 54.6 Å². The SMILES string of the molecule is COc1ccc(CC(=O)N2CCCC2c2ccccc2)cc1. The van der Waals surface area contributed by atoms with Crippen LogP contribution in [-0.4, -0.2) is 24.5 Å². The lowest BCUT2D eigenvalue weighted by atomic mass is 10.0. The molecule has 1 atom stereocenters. The lowest BCUT2D eigenvalue weighted by Gasteiger charge is -2.25. The van der Waals surface area contributed by atoms with E-state index < -0.39 is 0 Å². The summed E-state index contributed by atoms with van der Waals surface area (Å²) in [6, 6.07) is 18.3. The molecular formula is C19H21NO2. The monoisotopic (exact) mass is 295 g/mol. The molecule has 0 bridgehead atoms. The first-order valence-electron chi connectivity index (χ1n) is 7.75. The normalized spacial score (nSPS) is 17.5. The zero-order chi connectivity index (χ0) is 15.4. The van der Waals surface area contributed by atoms with E-state index >= 15 is 0 Å². The zero-order valence-corrected chi connectivity index (χ0v) is 12.9. The van der Waals surface area contributed by atoms with Crippen LogP contribution < -0.4 is 4.74 Å². The third kappa shape index (κ3) is 3.14. The molecule has 0 radical (unpaired) electrons. The number of carbonyl (C=O) groups is 1. The van der Waals surface area contributed by atoms with E-state index in [4.69, 9.17) is 4.74 Å². The van der Waals surface area contributed by atoms with E-state index in [0.29, 0.717) is 6.42 Å². The first kappa shape index (κ1) is 14.6. The van der Waals surface area contributed by atoms with E-state index in [0.717, 1.165) is 30.7 Å². The minimum absolute atomic E-state index is 0.205. The molecule has 3 heteroatoms. The quantitative estimate of drug-likeness (QED) is 0.862. The lowest BCUT2D eigenvalue weighted by molar-refractivity contribution is -0.131. The Hall–Kier alpha value is -2.29. The van der Waals surface area contributed by atoms with Gasteiger partial charge in [0.25, 0.3) is 0 Å². The Balaban J connectivity index is 1.70.